The number of nitrogens with zero attached hydrogens (tertiary/aromatic N) is 1. The summed E-state index contributed by atoms with van der Waals surface area (Å²) >= 11 is 0. The SMILES string of the molecule is CCNC(=NCC1(CO)CC1)NCCc1ccc(OC)c(OC)c1. The fraction of sp³-hybridized carbons (Fsp3) is 0.611. The summed E-state index contributed by atoms with van der Waals surface area (Å²) in [6.45, 7) is 4.53. The number of aliphatic hydroxyl groups excluding tert-OH is 1. The zero-order chi connectivity index (χ0) is 17.4. The summed E-state index contributed by atoms with van der Waals surface area (Å²) in [5.74, 6) is 2.29. The van der Waals surface area contributed by atoms with E-state index >= 15 is 0 Å². The second-order valence-electron chi connectivity index (χ2n) is 6.22. The van der Waals surface area contributed by atoms with Gasteiger partial charge in [0, 0.05) is 18.5 Å². The molecular formula is C18H29N3O3. The second-order valence-corrected chi connectivity index (χ2v) is 6.22. The molecule has 2 rings (SSSR count). The summed E-state index contributed by atoms with van der Waals surface area (Å²) in [5.41, 5.74) is 1.20. The van der Waals surface area contributed by atoms with Crippen LogP contribution in [0.1, 0.15) is 25.3 Å². The van der Waals surface area contributed by atoms with Gasteiger partial charge >= 0.3 is 0 Å². The fourth-order valence-corrected chi connectivity index (χ4v) is 2.49. The van der Waals surface area contributed by atoms with Crippen LogP contribution in [-0.2, 0) is 6.42 Å². The second kappa shape index (κ2) is 8.78. The molecule has 0 bridgehead atoms. The highest BCUT2D eigenvalue weighted by Crippen LogP contribution is 2.45. The van der Waals surface area contributed by atoms with Gasteiger partial charge in [0.15, 0.2) is 17.5 Å². The van der Waals surface area contributed by atoms with Gasteiger partial charge in [-0.25, -0.2) is 0 Å². The number of guanidine groups is 1. The highest BCUT2D eigenvalue weighted by molar-refractivity contribution is 5.79. The predicted molar refractivity (Wildman–Crippen MR) is 96.0 cm³/mol. The quantitative estimate of drug-likeness (QED) is 0.472. The van der Waals surface area contributed by atoms with Gasteiger partial charge in [0.1, 0.15) is 0 Å². The van der Waals surface area contributed by atoms with E-state index in [1.54, 1.807) is 14.2 Å². The lowest BCUT2D eigenvalue weighted by Crippen LogP contribution is -2.38. The van der Waals surface area contributed by atoms with Crippen LogP contribution in [0.5, 0.6) is 11.5 Å². The van der Waals surface area contributed by atoms with Gasteiger partial charge in [-0.1, -0.05) is 6.07 Å². The van der Waals surface area contributed by atoms with Crippen molar-refractivity contribution in [3.05, 3.63) is 23.8 Å². The molecule has 0 radical (unpaired) electrons. The zero-order valence-corrected chi connectivity index (χ0v) is 14.9. The highest BCUT2D eigenvalue weighted by atomic mass is 16.5. The minimum atomic E-state index is 0.0334. The molecule has 6 nitrogen and oxygen atoms in total. The van der Waals surface area contributed by atoms with Gasteiger partial charge in [0.25, 0.3) is 0 Å². The predicted octanol–water partition coefficient (Wildman–Crippen LogP) is 1.57. The normalized spacial score (nSPS) is 15.8. The van der Waals surface area contributed by atoms with Crippen LogP contribution >= 0.6 is 0 Å². The lowest BCUT2D eigenvalue weighted by molar-refractivity contribution is 0.217. The number of methoxy groups -OCH3 is 2. The van der Waals surface area contributed by atoms with E-state index in [2.05, 4.69) is 15.6 Å². The maximum absolute atomic E-state index is 9.38. The van der Waals surface area contributed by atoms with Crippen LogP contribution in [0.3, 0.4) is 0 Å². The first-order chi connectivity index (χ1) is 11.7. The topological polar surface area (TPSA) is 75.1 Å². The number of rotatable bonds is 9. The van der Waals surface area contributed by atoms with Crippen LogP contribution in [-0.4, -0.2) is 51.5 Å². The van der Waals surface area contributed by atoms with E-state index in [4.69, 9.17) is 9.47 Å². The van der Waals surface area contributed by atoms with Gasteiger partial charge in [0.05, 0.1) is 27.4 Å². The largest absolute Gasteiger partial charge is 0.493 e. The zero-order valence-electron chi connectivity index (χ0n) is 14.9. The number of hydrogen-bond acceptors (Lipinski definition) is 4. The Kier molecular flexibility index (Phi) is 6.73. The molecule has 134 valence electrons. The Morgan fingerprint density at radius 3 is 2.54 bits per heavy atom. The van der Waals surface area contributed by atoms with Crippen molar-refractivity contribution in [3.63, 3.8) is 0 Å². The summed E-state index contributed by atoms with van der Waals surface area (Å²) in [7, 11) is 3.28. The van der Waals surface area contributed by atoms with E-state index in [1.165, 1.54) is 5.56 Å². The Balaban J connectivity index is 1.87. The molecule has 0 heterocycles. The van der Waals surface area contributed by atoms with E-state index in [1.807, 2.05) is 25.1 Å². The van der Waals surface area contributed by atoms with Crippen molar-refractivity contribution in [3.8, 4) is 11.5 Å². The first kappa shape index (κ1) is 18.4. The van der Waals surface area contributed by atoms with Crippen molar-refractivity contribution in [1.82, 2.24) is 10.6 Å². The maximum atomic E-state index is 9.38. The van der Waals surface area contributed by atoms with E-state index in [0.29, 0.717) is 6.54 Å². The molecule has 1 aliphatic rings. The van der Waals surface area contributed by atoms with Crippen molar-refractivity contribution in [2.24, 2.45) is 10.4 Å². The van der Waals surface area contributed by atoms with Crippen LogP contribution in [0.4, 0.5) is 0 Å². The van der Waals surface area contributed by atoms with Crippen molar-refractivity contribution in [2.75, 3.05) is 40.5 Å². The lowest BCUT2D eigenvalue weighted by atomic mass is 10.1. The van der Waals surface area contributed by atoms with Crippen LogP contribution in [0, 0.1) is 5.41 Å². The molecule has 0 aliphatic heterocycles. The van der Waals surface area contributed by atoms with Crippen molar-refractivity contribution >= 4 is 5.96 Å². The van der Waals surface area contributed by atoms with E-state index < -0.39 is 0 Å². The third-order valence-corrected chi connectivity index (χ3v) is 4.36. The molecule has 1 saturated carbocycles. The van der Waals surface area contributed by atoms with E-state index in [0.717, 1.165) is 49.8 Å². The Labute approximate surface area is 144 Å². The summed E-state index contributed by atoms with van der Waals surface area (Å²) in [4.78, 5) is 4.60. The number of benzene rings is 1. The fourth-order valence-electron chi connectivity index (χ4n) is 2.49. The van der Waals surface area contributed by atoms with E-state index in [-0.39, 0.29) is 12.0 Å². The van der Waals surface area contributed by atoms with Crippen LogP contribution in [0.2, 0.25) is 0 Å². The molecule has 6 heteroatoms. The smallest absolute Gasteiger partial charge is 0.191 e. The third-order valence-electron chi connectivity index (χ3n) is 4.36. The Hall–Kier alpha value is -1.95. The average molecular weight is 335 g/mol. The molecule has 1 fully saturated rings. The summed E-state index contributed by atoms with van der Waals surface area (Å²) in [6, 6.07) is 5.96. The molecule has 0 spiro atoms. The average Bonchev–Trinajstić information content (AvgIpc) is 3.40. The molecule has 0 unspecified atom stereocenters. The van der Waals surface area contributed by atoms with Gasteiger partial charge in [-0.2, -0.15) is 0 Å². The van der Waals surface area contributed by atoms with Gasteiger partial charge in [-0.05, 0) is 43.9 Å². The maximum Gasteiger partial charge on any atom is 0.191 e. The molecule has 0 saturated heterocycles. The Morgan fingerprint density at radius 2 is 1.96 bits per heavy atom. The third kappa shape index (κ3) is 5.03. The molecule has 0 amide bonds. The number of aliphatic imine (C=N–C) groups is 1. The number of hydrogen-bond donors (Lipinski definition) is 3. The molecule has 24 heavy (non-hydrogen) atoms. The van der Waals surface area contributed by atoms with Crippen molar-refractivity contribution in [1.29, 1.82) is 0 Å². The first-order valence-corrected chi connectivity index (χ1v) is 8.50. The molecule has 0 aromatic heterocycles. The van der Waals surface area contributed by atoms with Gasteiger partial charge < -0.3 is 25.2 Å². The van der Waals surface area contributed by atoms with Gasteiger partial charge in [-0.15, -0.1) is 0 Å². The van der Waals surface area contributed by atoms with Crippen molar-refractivity contribution in [2.45, 2.75) is 26.2 Å². The standard InChI is InChI=1S/C18H29N3O3/c1-4-19-17(21-12-18(13-22)8-9-18)20-10-7-14-5-6-15(23-2)16(11-14)24-3/h5-6,11,22H,4,7-10,12-13H2,1-3H3,(H2,19,20,21). The number of aliphatic hydroxyl groups is 1. The minimum absolute atomic E-state index is 0.0334. The lowest BCUT2D eigenvalue weighted by Gasteiger charge is -2.14. The Bertz CT molecular complexity index is 556. The summed E-state index contributed by atoms with van der Waals surface area (Å²) < 4.78 is 10.6. The van der Waals surface area contributed by atoms with Gasteiger partial charge in [-0.3, -0.25) is 4.99 Å². The monoisotopic (exact) mass is 335 g/mol. The molecular weight excluding hydrogens is 306 g/mol. The summed E-state index contributed by atoms with van der Waals surface area (Å²) in [5, 5.41) is 16.0. The molecule has 0 atom stereocenters. The van der Waals surface area contributed by atoms with Crippen LogP contribution in [0.25, 0.3) is 0 Å². The van der Waals surface area contributed by atoms with Crippen molar-refractivity contribution < 1.29 is 14.6 Å². The number of nitrogens with one attached hydrogen (secondary N) is 2. The molecule has 1 aromatic rings. The minimum Gasteiger partial charge on any atom is -0.493 e. The van der Waals surface area contributed by atoms with E-state index in [9.17, 15) is 5.11 Å². The van der Waals surface area contributed by atoms with Gasteiger partial charge in [0.2, 0.25) is 0 Å². The van der Waals surface area contributed by atoms with Crippen LogP contribution in [0.15, 0.2) is 23.2 Å². The summed E-state index contributed by atoms with van der Waals surface area (Å²) in [6.07, 6.45) is 2.99. The van der Waals surface area contributed by atoms with Crippen LogP contribution < -0.4 is 20.1 Å². The first-order valence-electron chi connectivity index (χ1n) is 8.50. The molecule has 1 aromatic carbocycles. The Morgan fingerprint density at radius 1 is 1.21 bits per heavy atom. The molecule has 3 N–H and O–H groups in total. The molecule has 1 aliphatic carbocycles. The highest BCUT2D eigenvalue weighted by Gasteiger charge is 2.41. The number of ether oxygens (including phenoxy) is 2.